The Balaban J connectivity index is 1.23. The van der Waals surface area contributed by atoms with Crippen molar-refractivity contribution in [1.82, 2.24) is 15.1 Å². The number of carbonyl (C=O) groups is 1. The van der Waals surface area contributed by atoms with Crippen LogP contribution in [0.2, 0.25) is 0 Å². The molecule has 6 nitrogen and oxygen atoms in total. The van der Waals surface area contributed by atoms with E-state index in [-0.39, 0.29) is 18.6 Å². The van der Waals surface area contributed by atoms with E-state index in [1.165, 1.54) is 0 Å². The van der Waals surface area contributed by atoms with Gasteiger partial charge in [0, 0.05) is 31.9 Å². The molecule has 1 unspecified atom stereocenters. The van der Waals surface area contributed by atoms with E-state index in [9.17, 15) is 4.79 Å². The molecule has 0 aliphatic carbocycles. The zero-order valence-corrected chi connectivity index (χ0v) is 15.0. The highest BCUT2D eigenvalue weighted by molar-refractivity contribution is 8.01. The lowest BCUT2D eigenvalue weighted by atomic mass is 9.93. The molecule has 3 saturated heterocycles. The summed E-state index contributed by atoms with van der Waals surface area (Å²) in [5, 5.41) is 10.4. The van der Waals surface area contributed by atoms with Gasteiger partial charge >= 0.3 is 0 Å². The van der Waals surface area contributed by atoms with Crippen LogP contribution in [0.3, 0.4) is 0 Å². The first-order chi connectivity index (χ1) is 11.1. The normalized spacial score (nSPS) is 26.0. The summed E-state index contributed by atoms with van der Waals surface area (Å²) >= 11 is 3.65. The van der Waals surface area contributed by atoms with Crippen molar-refractivity contribution >= 4 is 34.1 Å². The maximum absolute atomic E-state index is 12.1. The number of carbonyl (C=O) groups excluding carboxylic acids is 1. The van der Waals surface area contributed by atoms with Crippen LogP contribution in [-0.4, -0.2) is 70.4 Å². The van der Waals surface area contributed by atoms with Gasteiger partial charge in [0.25, 0.3) is 0 Å². The highest BCUT2D eigenvalue weighted by Crippen LogP contribution is 2.47. The molecule has 0 aromatic carbocycles. The van der Waals surface area contributed by atoms with E-state index in [0.29, 0.717) is 4.75 Å². The molecule has 0 bridgehead atoms. The summed E-state index contributed by atoms with van der Waals surface area (Å²) in [7, 11) is 0. The fraction of sp³-hybridized carbons (Fsp3) is 0.800. The Morgan fingerprint density at radius 1 is 1.35 bits per heavy atom. The van der Waals surface area contributed by atoms with Crippen molar-refractivity contribution in [3.63, 3.8) is 0 Å². The van der Waals surface area contributed by atoms with Gasteiger partial charge in [-0.3, -0.25) is 4.79 Å². The van der Waals surface area contributed by atoms with Crippen LogP contribution < -0.4 is 4.90 Å². The summed E-state index contributed by atoms with van der Waals surface area (Å²) in [6.07, 6.45) is 3.52. The number of thioether (sulfide) groups is 1. The molecular weight excluding hydrogens is 332 g/mol. The molecule has 126 valence electrons. The van der Waals surface area contributed by atoms with E-state index in [4.69, 9.17) is 4.74 Å². The summed E-state index contributed by atoms with van der Waals surface area (Å²) in [6, 6.07) is 0. The van der Waals surface area contributed by atoms with Gasteiger partial charge in [0.15, 0.2) is 0 Å². The van der Waals surface area contributed by atoms with Crippen molar-refractivity contribution in [2.24, 2.45) is 0 Å². The molecule has 3 fully saturated rings. The summed E-state index contributed by atoms with van der Waals surface area (Å²) in [5.41, 5.74) is 0. The Labute approximate surface area is 144 Å². The molecular formula is C15H22N4O2S2. The molecule has 1 aromatic rings. The maximum Gasteiger partial charge on any atom is 0.248 e. The number of likely N-dealkylation sites (tertiary alicyclic amines) is 1. The molecule has 8 heteroatoms. The number of rotatable bonds is 4. The standard InChI is InChI=1S/C15H22N4O2S2/c1-11-16-17-14(23-11)19-9-15(10-19)6-12(8-22-15)21-7-13(20)18-4-2-3-5-18/h12H,2-10H2,1H3. The minimum absolute atomic E-state index is 0.160. The van der Waals surface area contributed by atoms with Gasteiger partial charge in [-0.2, -0.15) is 0 Å². The van der Waals surface area contributed by atoms with E-state index >= 15 is 0 Å². The van der Waals surface area contributed by atoms with Gasteiger partial charge in [0.1, 0.15) is 11.6 Å². The van der Waals surface area contributed by atoms with Crippen molar-refractivity contribution in [1.29, 1.82) is 0 Å². The Morgan fingerprint density at radius 3 is 2.83 bits per heavy atom. The molecule has 0 saturated carbocycles. The zero-order chi connectivity index (χ0) is 15.9. The van der Waals surface area contributed by atoms with Gasteiger partial charge in [-0.1, -0.05) is 11.3 Å². The van der Waals surface area contributed by atoms with Crippen LogP contribution in [0.5, 0.6) is 0 Å². The quantitative estimate of drug-likeness (QED) is 0.818. The summed E-state index contributed by atoms with van der Waals surface area (Å²) in [6.45, 7) is 6.09. The Hall–Kier alpha value is -0.860. The molecule has 0 radical (unpaired) electrons. The predicted molar refractivity (Wildman–Crippen MR) is 92.2 cm³/mol. The second-order valence-electron chi connectivity index (χ2n) is 6.68. The van der Waals surface area contributed by atoms with Crippen LogP contribution in [0.1, 0.15) is 24.3 Å². The topological polar surface area (TPSA) is 58.6 Å². The Morgan fingerprint density at radius 2 is 2.13 bits per heavy atom. The number of amides is 1. The average molecular weight is 355 g/mol. The van der Waals surface area contributed by atoms with E-state index < -0.39 is 0 Å². The number of anilines is 1. The fourth-order valence-electron chi connectivity index (χ4n) is 3.58. The smallest absolute Gasteiger partial charge is 0.248 e. The van der Waals surface area contributed by atoms with Crippen molar-refractivity contribution in [3.8, 4) is 0 Å². The molecule has 4 rings (SSSR count). The molecule has 1 aromatic heterocycles. The minimum Gasteiger partial charge on any atom is -0.367 e. The Kier molecular flexibility index (Phi) is 4.23. The molecule has 1 atom stereocenters. The van der Waals surface area contributed by atoms with Crippen molar-refractivity contribution in [3.05, 3.63) is 5.01 Å². The third-order valence-electron chi connectivity index (χ3n) is 4.82. The number of hydrogen-bond acceptors (Lipinski definition) is 7. The SMILES string of the molecule is Cc1nnc(N2CC3(CC(OCC(=O)N4CCCC4)CS3)C2)s1. The minimum atomic E-state index is 0.160. The van der Waals surface area contributed by atoms with Crippen LogP contribution in [0.4, 0.5) is 5.13 Å². The highest BCUT2D eigenvalue weighted by Gasteiger charge is 2.50. The predicted octanol–water partition coefficient (Wildman–Crippen LogP) is 1.55. The third kappa shape index (κ3) is 3.21. The number of aromatic nitrogens is 2. The number of aryl methyl sites for hydroxylation is 1. The van der Waals surface area contributed by atoms with Crippen LogP contribution in [0, 0.1) is 6.92 Å². The van der Waals surface area contributed by atoms with Gasteiger partial charge in [0.2, 0.25) is 11.0 Å². The fourth-order valence-corrected chi connectivity index (χ4v) is 5.81. The van der Waals surface area contributed by atoms with Crippen molar-refractivity contribution in [2.75, 3.05) is 43.4 Å². The molecule has 4 heterocycles. The lowest BCUT2D eigenvalue weighted by Gasteiger charge is -2.47. The van der Waals surface area contributed by atoms with Gasteiger partial charge < -0.3 is 14.5 Å². The van der Waals surface area contributed by atoms with E-state index in [1.54, 1.807) is 11.3 Å². The van der Waals surface area contributed by atoms with E-state index in [2.05, 4.69) is 15.1 Å². The van der Waals surface area contributed by atoms with Gasteiger partial charge in [-0.15, -0.1) is 22.0 Å². The average Bonchev–Trinajstić information content (AvgIpc) is 3.23. The zero-order valence-electron chi connectivity index (χ0n) is 13.4. The summed E-state index contributed by atoms with van der Waals surface area (Å²) in [5.74, 6) is 1.16. The van der Waals surface area contributed by atoms with E-state index in [0.717, 1.165) is 61.3 Å². The third-order valence-corrected chi connectivity index (χ3v) is 7.30. The number of hydrogen-bond donors (Lipinski definition) is 0. The first-order valence-corrected chi connectivity index (χ1v) is 10.0. The number of nitrogens with zero attached hydrogens (tertiary/aromatic N) is 4. The second kappa shape index (κ2) is 6.22. The molecule has 1 amide bonds. The van der Waals surface area contributed by atoms with Gasteiger partial charge in [-0.25, -0.2) is 0 Å². The van der Waals surface area contributed by atoms with Crippen molar-refractivity contribution < 1.29 is 9.53 Å². The largest absolute Gasteiger partial charge is 0.367 e. The maximum atomic E-state index is 12.1. The van der Waals surface area contributed by atoms with Crippen molar-refractivity contribution in [2.45, 2.75) is 37.0 Å². The molecule has 3 aliphatic rings. The molecule has 23 heavy (non-hydrogen) atoms. The molecule has 0 N–H and O–H groups in total. The van der Waals surface area contributed by atoms with E-state index in [1.807, 2.05) is 23.6 Å². The van der Waals surface area contributed by atoms with Gasteiger partial charge in [0.05, 0.1) is 10.9 Å². The highest BCUT2D eigenvalue weighted by atomic mass is 32.2. The second-order valence-corrected chi connectivity index (χ2v) is 9.33. The van der Waals surface area contributed by atoms with Crippen LogP contribution in [0.15, 0.2) is 0 Å². The summed E-state index contributed by atoms with van der Waals surface area (Å²) in [4.78, 5) is 16.3. The lowest BCUT2D eigenvalue weighted by molar-refractivity contribution is -0.136. The first kappa shape index (κ1) is 15.7. The first-order valence-electron chi connectivity index (χ1n) is 8.22. The van der Waals surface area contributed by atoms with Gasteiger partial charge in [-0.05, 0) is 26.2 Å². The Bertz CT molecular complexity index is 582. The molecule has 1 spiro atoms. The summed E-state index contributed by atoms with van der Waals surface area (Å²) < 4.78 is 6.19. The van der Waals surface area contributed by atoms with Crippen LogP contribution in [-0.2, 0) is 9.53 Å². The van der Waals surface area contributed by atoms with Crippen LogP contribution in [0.25, 0.3) is 0 Å². The molecule has 3 aliphatic heterocycles. The number of ether oxygens (including phenoxy) is 1. The monoisotopic (exact) mass is 354 g/mol. The van der Waals surface area contributed by atoms with Crippen LogP contribution >= 0.6 is 23.1 Å². The lowest BCUT2D eigenvalue weighted by Crippen LogP contribution is -2.59.